The molecule has 0 fully saturated rings. The maximum absolute atomic E-state index is 12.0. The van der Waals surface area contributed by atoms with Crippen molar-refractivity contribution in [3.63, 3.8) is 0 Å². The molecule has 0 aliphatic heterocycles. The van der Waals surface area contributed by atoms with Gasteiger partial charge in [-0.25, -0.2) is 4.98 Å². The van der Waals surface area contributed by atoms with Crippen LogP contribution in [0.15, 0.2) is 58.5 Å². The number of hydrogen-bond donors (Lipinski definition) is 2. The molecule has 0 saturated heterocycles. The van der Waals surface area contributed by atoms with Gasteiger partial charge in [-0.3, -0.25) is 14.9 Å². The monoisotopic (exact) mass is 441 g/mol. The highest BCUT2D eigenvalue weighted by atomic mass is 35.5. The van der Waals surface area contributed by atoms with Crippen molar-refractivity contribution >= 4 is 35.0 Å². The fourth-order valence-electron chi connectivity index (χ4n) is 2.50. The Labute approximate surface area is 180 Å². The zero-order valence-electron chi connectivity index (χ0n) is 15.6. The summed E-state index contributed by atoms with van der Waals surface area (Å²) in [5, 5.41) is 15.0. The quantitative estimate of drug-likeness (QED) is 0.396. The lowest BCUT2D eigenvalue weighted by molar-refractivity contribution is -0.116. The fraction of sp³-hybridized carbons (Fsp3) is 0.158. The van der Waals surface area contributed by atoms with Crippen LogP contribution >= 0.6 is 23.4 Å². The van der Waals surface area contributed by atoms with E-state index in [1.807, 2.05) is 12.1 Å². The molecular formula is C19H16ClN7O2S. The predicted molar refractivity (Wildman–Crippen MR) is 112 cm³/mol. The van der Waals surface area contributed by atoms with E-state index >= 15 is 0 Å². The Morgan fingerprint density at radius 2 is 2.07 bits per heavy atom. The van der Waals surface area contributed by atoms with Crippen molar-refractivity contribution in [2.24, 2.45) is 0 Å². The average Bonchev–Trinajstić information content (AvgIpc) is 3.43. The molecule has 0 atom stereocenters. The molecule has 9 nitrogen and oxygen atoms in total. The number of anilines is 1. The number of pyridine rings is 1. The van der Waals surface area contributed by atoms with E-state index in [0.717, 1.165) is 5.56 Å². The van der Waals surface area contributed by atoms with Gasteiger partial charge in [0.15, 0.2) is 11.6 Å². The van der Waals surface area contributed by atoms with Crippen LogP contribution in [0.5, 0.6) is 0 Å². The first kappa shape index (κ1) is 20.0. The molecule has 152 valence electrons. The van der Waals surface area contributed by atoms with E-state index in [2.05, 4.69) is 35.6 Å². The Morgan fingerprint density at radius 1 is 1.20 bits per heavy atom. The van der Waals surface area contributed by atoms with Gasteiger partial charge in [-0.05, 0) is 36.4 Å². The Kier molecular flexibility index (Phi) is 6.35. The minimum Gasteiger partial charge on any atom is -0.339 e. The molecule has 0 saturated carbocycles. The van der Waals surface area contributed by atoms with E-state index in [1.54, 1.807) is 36.7 Å². The smallest absolute Gasteiger partial charge is 0.227 e. The first-order valence-corrected chi connectivity index (χ1v) is 10.3. The van der Waals surface area contributed by atoms with E-state index in [-0.39, 0.29) is 12.3 Å². The summed E-state index contributed by atoms with van der Waals surface area (Å²) in [5.41, 5.74) is 1.54. The van der Waals surface area contributed by atoms with Gasteiger partial charge in [0.05, 0.1) is 5.75 Å². The largest absolute Gasteiger partial charge is 0.339 e. The molecule has 11 heteroatoms. The van der Waals surface area contributed by atoms with Crippen LogP contribution in [0.4, 0.5) is 5.69 Å². The number of amides is 1. The number of halogens is 1. The number of carbonyl (C=O) groups excluding carboxylic acids is 1. The van der Waals surface area contributed by atoms with Crippen molar-refractivity contribution < 1.29 is 9.32 Å². The van der Waals surface area contributed by atoms with Crippen LogP contribution in [0.1, 0.15) is 18.1 Å². The zero-order chi connectivity index (χ0) is 20.8. The lowest BCUT2D eigenvalue weighted by Crippen LogP contribution is -2.12. The Hall–Kier alpha value is -3.24. The number of aryl methyl sites for hydroxylation is 1. The summed E-state index contributed by atoms with van der Waals surface area (Å²) in [4.78, 5) is 24.8. The number of rotatable bonds is 8. The summed E-state index contributed by atoms with van der Waals surface area (Å²) in [6.45, 7) is 0. The van der Waals surface area contributed by atoms with Crippen LogP contribution in [0.2, 0.25) is 5.02 Å². The zero-order valence-corrected chi connectivity index (χ0v) is 17.2. The van der Waals surface area contributed by atoms with Gasteiger partial charge in [-0.15, -0.1) is 5.10 Å². The van der Waals surface area contributed by atoms with E-state index in [4.69, 9.17) is 16.1 Å². The fourth-order valence-corrected chi connectivity index (χ4v) is 3.27. The number of hydrogen-bond acceptors (Lipinski definition) is 8. The van der Waals surface area contributed by atoms with Gasteiger partial charge >= 0.3 is 0 Å². The molecule has 3 aromatic heterocycles. The summed E-state index contributed by atoms with van der Waals surface area (Å²) >= 11 is 7.21. The summed E-state index contributed by atoms with van der Waals surface area (Å²) in [5.74, 6) is 1.87. The molecule has 3 heterocycles. The highest BCUT2D eigenvalue weighted by Crippen LogP contribution is 2.21. The molecule has 1 aromatic carbocycles. The normalized spacial score (nSPS) is 10.8. The van der Waals surface area contributed by atoms with Crippen molar-refractivity contribution in [1.29, 1.82) is 0 Å². The number of nitrogens with one attached hydrogen (secondary N) is 2. The average molecular weight is 442 g/mol. The molecule has 30 heavy (non-hydrogen) atoms. The van der Waals surface area contributed by atoms with Crippen LogP contribution in [0.3, 0.4) is 0 Å². The lowest BCUT2D eigenvalue weighted by atomic mass is 10.2. The highest BCUT2D eigenvalue weighted by molar-refractivity contribution is 7.98. The number of thioether (sulfide) groups is 1. The Morgan fingerprint density at radius 3 is 2.87 bits per heavy atom. The van der Waals surface area contributed by atoms with Gasteiger partial charge in [0.25, 0.3) is 0 Å². The second kappa shape index (κ2) is 9.51. The van der Waals surface area contributed by atoms with Crippen molar-refractivity contribution in [3.8, 4) is 11.4 Å². The van der Waals surface area contributed by atoms with Gasteiger partial charge < -0.3 is 9.84 Å². The molecule has 0 spiro atoms. The van der Waals surface area contributed by atoms with Gasteiger partial charge in [0.2, 0.25) is 17.0 Å². The summed E-state index contributed by atoms with van der Waals surface area (Å²) in [7, 11) is 0. The molecule has 4 aromatic rings. The molecular weight excluding hydrogens is 426 g/mol. The van der Waals surface area contributed by atoms with Crippen LogP contribution in [-0.4, -0.2) is 36.2 Å². The van der Waals surface area contributed by atoms with E-state index in [0.29, 0.717) is 45.6 Å². The number of carbonyl (C=O) groups is 1. The van der Waals surface area contributed by atoms with Crippen molar-refractivity contribution in [2.75, 3.05) is 5.32 Å². The molecule has 1 amide bonds. The van der Waals surface area contributed by atoms with Crippen molar-refractivity contribution in [3.05, 3.63) is 65.5 Å². The third-order valence-corrected chi connectivity index (χ3v) is 5.03. The van der Waals surface area contributed by atoms with E-state index in [1.165, 1.54) is 11.8 Å². The lowest BCUT2D eigenvalue weighted by Gasteiger charge is -2.03. The number of aromatic nitrogens is 6. The third kappa shape index (κ3) is 5.43. The molecule has 0 unspecified atom stereocenters. The van der Waals surface area contributed by atoms with Gasteiger partial charge in [-0.1, -0.05) is 28.5 Å². The Balaban J connectivity index is 1.25. The Bertz CT molecular complexity index is 1120. The van der Waals surface area contributed by atoms with Crippen molar-refractivity contribution in [1.82, 2.24) is 30.3 Å². The predicted octanol–water partition coefficient (Wildman–Crippen LogP) is 3.77. The number of benzene rings is 1. The minimum absolute atomic E-state index is 0.143. The number of H-pyrrole nitrogens is 1. The molecule has 0 aliphatic carbocycles. The molecule has 0 aliphatic rings. The topological polar surface area (TPSA) is 122 Å². The maximum atomic E-state index is 12.0. The van der Waals surface area contributed by atoms with Gasteiger partial charge in [-0.2, -0.15) is 4.98 Å². The van der Waals surface area contributed by atoms with Gasteiger partial charge in [0, 0.05) is 41.5 Å². The first-order chi connectivity index (χ1) is 14.7. The van der Waals surface area contributed by atoms with Crippen LogP contribution < -0.4 is 5.32 Å². The number of nitrogens with zero attached hydrogens (tertiary/aromatic N) is 5. The summed E-state index contributed by atoms with van der Waals surface area (Å²) < 4.78 is 5.22. The van der Waals surface area contributed by atoms with Gasteiger partial charge in [0.1, 0.15) is 0 Å². The van der Waals surface area contributed by atoms with E-state index < -0.39 is 0 Å². The summed E-state index contributed by atoms with van der Waals surface area (Å²) in [6.07, 6.45) is 3.99. The molecule has 0 radical (unpaired) electrons. The summed E-state index contributed by atoms with van der Waals surface area (Å²) in [6, 6.07) is 10.6. The second-order valence-electron chi connectivity index (χ2n) is 6.16. The minimum atomic E-state index is -0.143. The van der Waals surface area contributed by atoms with Crippen molar-refractivity contribution in [2.45, 2.75) is 23.8 Å². The second-order valence-corrected chi connectivity index (χ2v) is 7.54. The van der Waals surface area contributed by atoms with E-state index in [9.17, 15) is 4.79 Å². The van der Waals surface area contributed by atoms with Crippen LogP contribution in [0.25, 0.3) is 11.4 Å². The maximum Gasteiger partial charge on any atom is 0.227 e. The molecule has 4 rings (SSSR count). The molecule has 2 N–H and O–H groups in total. The van der Waals surface area contributed by atoms with Crippen LogP contribution in [-0.2, 0) is 17.0 Å². The highest BCUT2D eigenvalue weighted by Gasteiger charge is 2.12. The molecule has 0 bridgehead atoms. The van der Waals surface area contributed by atoms with Crippen LogP contribution in [0, 0.1) is 0 Å². The first-order valence-electron chi connectivity index (χ1n) is 8.98. The third-order valence-electron chi connectivity index (χ3n) is 3.93. The number of aromatic amines is 1. The standard InChI is InChI=1S/C19H16ClN7O2S/c20-13-3-5-14(6-4-13)22-16(28)7-8-17-23-15(27-29-17)11-30-19-24-18(25-26-19)12-2-1-9-21-10-12/h1-6,9-10H,7-8,11H2,(H,22,28)(H,24,25,26). The SMILES string of the molecule is O=C(CCc1nc(CSc2n[nH]c(-c3cccnc3)n2)no1)Nc1ccc(Cl)cc1.